The van der Waals surface area contributed by atoms with Crippen molar-refractivity contribution in [1.29, 1.82) is 0 Å². The number of aromatic nitrogens is 2. The van der Waals surface area contributed by atoms with Gasteiger partial charge in [0.1, 0.15) is 11.0 Å². The van der Waals surface area contributed by atoms with Gasteiger partial charge < -0.3 is 9.80 Å². The van der Waals surface area contributed by atoms with Gasteiger partial charge in [0.05, 0.1) is 11.7 Å². The van der Waals surface area contributed by atoms with E-state index in [4.69, 9.17) is 11.6 Å². The zero-order chi connectivity index (χ0) is 13.2. The molecule has 0 amide bonds. The summed E-state index contributed by atoms with van der Waals surface area (Å²) in [5.74, 6) is 1.06. The van der Waals surface area contributed by atoms with E-state index in [1.165, 1.54) is 0 Å². The molecule has 0 unspecified atom stereocenters. The zero-order valence-electron chi connectivity index (χ0n) is 11.2. The molecular formula is C14H19ClN4. The molecular weight excluding hydrogens is 260 g/mol. The van der Waals surface area contributed by atoms with E-state index in [2.05, 4.69) is 21.8 Å². The molecule has 2 aromatic rings. The van der Waals surface area contributed by atoms with E-state index in [0.29, 0.717) is 0 Å². The van der Waals surface area contributed by atoms with Crippen LogP contribution in [-0.2, 0) is 6.42 Å². The molecule has 1 saturated heterocycles. The lowest BCUT2D eigenvalue weighted by atomic mass is 10.3. The number of pyridine rings is 1. The van der Waals surface area contributed by atoms with Crippen LogP contribution in [0.1, 0.15) is 5.82 Å². The van der Waals surface area contributed by atoms with Gasteiger partial charge in [-0.05, 0) is 19.2 Å². The van der Waals surface area contributed by atoms with Crippen LogP contribution in [0.15, 0.2) is 24.4 Å². The Bertz CT molecular complexity index is 558. The number of piperazine rings is 1. The topological polar surface area (TPSA) is 23.8 Å². The van der Waals surface area contributed by atoms with Gasteiger partial charge in [-0.2, -0.15) is 0 Å². The Labute approximate surface area is 118 Å². The fraction of sp³-hybridized carbons (Fsp3) is 0.500. The smallest absolute Gasteiger partial charge is 0.115 e. The molecule has 3 rings (SSSR count). The van der Waals surface area contributed by atoms with E-state index in [0.717, 1.165) is 55.6 Å². The summed E-state index contributed by atoms with van der Waals surface area (Å²) in [4.78, 5) is 9.37. The van der Waals surface area contributed by atoms with Crippen LogP contribution in [0.25, 0.3) is 5.52 Å². The summed E-state index contributed by atoms with van der Waals surface area (Å²) in [6, 6.07) is 5.91. The SMILES string of the molecule is CN1CCN(CCc2ncc3cccc(Cl)n23)CC1. The average Bonchev–Trinajstić information content (AvgIpc) is 2.83. The predicted molar refractivity (Wildman–Crippen MR) is 77.8 cm³/mol. The van der Waals surface area contributed by atoms with Crippen LogP contribution < -0.4 is 0 Å². The lowest BCUT2D eigenvalue weighted by molar-refractivity contribution is 0.155. The van der Waals surface area contributed by atoms with Crippen molar-refractivity contribution in [1.82, 2.24) is 19.2 Å². The predicted octanol–water partition coefficient (Wildman–Crippen LogP) is 1.78. The molecule has 1 aliphatic heterocycles. The van der Waals surface area contributed by atoms with Crippen molar-refractivity contribution >= 4 is 17.1 Å². The molecule has 0 spiro atoms. The third-order valence-electron chi connectivity index (χ3n) is 3.82. The highest BCUT2D eigenvalue weighted by atomic mass is 35.5. The first kappa shape index (κ1) is 12.9. The molecule has 2 aromatic heterocycles. The molecule has 4 nitrogen and oxygen atoms in total. The molecule has 0 radical (unpaired) electrons. The first-order valence-electron chi connectivity index (χ1n) is 6.76. The Balaban J connectivity index is 1.69. The third kappa shape index (κ3) is 2.76. The van der Waals surface area contributed by atoms with Crippen LogP contribution in [0, 0.1) is 0 Å². The number of hydrogen-bond donors (Lipinski definition) is 0. The molecule has 0 atom stereocenters. The second-order valence-corrected chi connectivity index (χ2v) is 5.57. The maximum atomic E-state index is 6.25. The Morgan fingerprint density at radius 3 is 2.79 bits per heavy atom. The van der Waals surface area contributed by atoms with Gasteiger partial charge >= 0.3 is 0 Å². The highest BCUT2D eigenvalue weighted by Crippen LogP contribution is 2.16. The van der Waals surface area contributed by atoms with E-state index >= 15 is 0 Å². The van der Waals surface area contributed by atoms with Crippen LogP contribution in [0.4, 0.5) is 0 Å². The number of fused-ring (bicyclic) bond motifs is 1. The minimum atomic E-state index is 0.739. The number of imidazole rings is 1. The highest BCUT2D eigenvalue weighted by molar-refractivity contribution is 6.29. The molecule has 0 saturated carbocycles. The maximum absolute atomic E-state index is 6.25. The molecule has 0 aliphatic carbocycles. The van der Waals surface area contributed by atoms with Gasteiger partial charge in [0, 0.05) is 39.1 Å². The van der Waals surface area contributed by atoms with Crippen LogP contribution in [0.2, 0.25) is 5.15 Å². The minimum absolute atomic E-state index is 0.739. The number of rotatable bonds is 3. The Kier molecular flexibility index (Phi) is 3.73. The van der Waals surface area contributed by atoms with E-state index in [1.807, 2.05) is 28.8 Å². The molecule has 1 aliphatic rings. The van der Waals surface area contributed by atoms with Gasteiger partial charge in [-0.1, -0.05) is 17.7 Å². The standard InChI is InChI=1S/C14H19ClN4/c1-17-7-9-18(10-8-17)6-5-14-16-11-12-3-2-4-13(15)19(12)14/h2-4,11H,5-10H2,1H3. The first-order valence-corrected chi connectivity index (χ1v) is 7.13. The number of nitrogens with zero attached hydrogens (tertiary/aromatic N) is 4. The highest BCUT2D eigenvalue weighted by Gasteiger charge is 2.14. The second kappa shape index (κ2) is 5.49. The Morgan fingerprint density at radius 2 is 2.00 bits per heavy atom. The first-order chi connectivity index (χ1) is 9.24. The van der Waals surface area contributed by atoms with Crippen LogP contribution >= 0.6 is 11.6 Å². The van der Waals surface area contributed by atoms with E-state index in [1.54, 1.807) is 0 Å². The normalized spacial score (nSPS) is 18.2. The minimum Gasteiger partial charge on any atom is -0.304 e. The van der Waals surface area contributed by atoms with E-state index in [-0.39, 0.29) is 0 Å². The van der Waals surface area contributed by atoms with E-state index in [9.17, 15) is 0 Å². The third-order valence-corrected chi connectivity index (χ3v) is 4.12. The summed E-state index contributed by atoms with van der Waals surface area (Å²) in [5, 5.41) is 0.739. The molecule has 19 heavy (non-hydrogen) atoms. The van der Waals surface area contributed by atoms with Crippen molar-refractivity contribution in [3.63, 3.8) is 0 Å². The molecule has 102 valence electrons. The lowest BCUT2D eigenvalue weighted by Crippen LogP contribution is -2.45. The van der Waals surface area contributed by atoms with Gasteiger partial charge in [-0.25, -0.2) is 4.98 Å². The Hall–Kier alpha value is -1.10. The zero-order valence-corrected chi connectivity index (χ0v) is 12.0. The summed E-state index contributed by atoms with van der Waals surface area (Å²) < 4.78 is 2.04. The summed E-state index contributed by atoms with van der Waals surface area (Å²) in [6.07, 6.45) is 2.84. The molecule has 1 fully saturated rings. The van der Waals surface area contributed by atoms with E-state index < -0.39 is 0 Å². The summed E-state index contributed by atoms with van der Waals surface area (Å²) in [6.45, 7) is 5.66. The van der Waals surface area contributed by atoms with Gasteiger partial charge in [-0.15, -0.1) is 0 Å². The molecule has 0 aromatic carbocycles. The number of hydrogen-bond acceptors (Lipinski definition) is 3. The fourth-order valence-corrected chi connectivity index (χ4v) is 2.84. The largest absolute Gasteiger partial charge is 0.304 e. The van der Waals surface area contributed by atoms with Crippen LogP contribution in [0.5, 0.6) is 0 Å². The van der Waals surface area contributed by atoms with Crippen molar-refractivity contribution in [2.75, 3.05) is 39.8 Å². The fourth-order valence-electron chi connectivity index (χ4n) is 2.58. The molecule has 5 heteroatoms. The van der Waals surface area contributed by atoms with Crippen molar-refractivity contribution in [2.45, 2.75) is 6.42 Å². The molecule has 3 heterocycles. The van der Waals surface area contributed by atoms with Gasteiger partial charge in [0.15, 0.2) is 0 Å². The quantitative estimate of drug-likeness (QED) is 0.800. The summed E-state index contributed by atoms with van der Waals surface area (Å²) >= 11 is 6.25. The van der Waals surface area contributed by atoms with Gasteiger partial charge in [-0.3, -0.25) is 4.40 Å². The van der Waals surface area contributed by atoms with Crippen LogP contribution in [0.3, 0.4) is 0 Å². The van der Waals surface area contributed by atoms with Crippen molar-refractivity contribution in [2.24, 2.45) is 0 Å². The summed E-state index contributed by atoms with van der Waals surface area (Å²) in [5.41, 5.74) is 1.07. The van der Waals surface area contributed by atoms with Crippen LogP contribution in [-0.4, -0.2) is 59.0 Å². The number of halogens is 1. The Morgan fingerprint density at radius 1 is 1.21 bits per heavy atom. The maximum Gasteiger partial charge on any atom is 0.115 e. The monoisotopic (exact) mass is 278 g/mol. The average molecular weight is 279 g/mol. The molecule has 0 N–H and O–H groups in total. The lowest BCUT2D eigenvalue weighted by Gasteiger charge is -2.32. The van der Waals surface area contributed by atoms with Crippen molar-refractivity contribution in [3.05, 3.63) is 35.4 Å². The second-order valence-electron chi connectivity index (χ2n) is 5.18. The van der Waals surface area contributed by atoms with Crippen molar-refractivity contribution in [3.8, 4) is 0 Å². The van der Waals surface area contributed by atoms with Gasteiger partial charge in [0.2, 0.25) is 0 Å². The summed E-state index contributed by atoms with van der Waals surface area (Å²) in [7, 11) is 2.18. The van der Waals surface area contributed by atoms with Gasteiger partial charge in [0.25, 0.3) is 0 Å². The number of likely N-dealkylation sites (N-methyl/N-ethyl adjacent to an activating group) is 1. The van der Waals surface area contributed by atoms with Crippen molar-refractivity contribution < 1.29 is 0 Å². The molecule has 0 bridgehead atoms.